The molecular formula is C13H17ClN8O6. The monoisotopic (exact) mass is 416 g/mol. The van der Waals surface area contributed by atoms with Crippen LogP contribution in [0.3, 0.4) is 0 Å². The molecule has 0 bridgehead atoms. The Morgan fingerprint density at radius 3 is 2.96 bits per heavy atom. The number of nitrogens with zero attached hydrogens (tertiary/aromatic N) is 5. The molecule has 0 saturated carbocycles. The van der Waals surface area contributed by atoms with E-state index in [-0.39, 0.29) is 29.5 Å². The molecule has 0 aromatic carbocycles. The predicted molar refractivity (Wildman–Crippen MR) is 95.1 cm³/mol. The molecule has 1 fully saturated rings. The SMILES string of the molecule is Nc1nc2c(ncn2[C@@H]2O[C@H](CO)[C@@H](O)C2NC(=O)N(CCCl)N=O)c(=O)[nH]1. The Balaban J connectivity index is 1.97. The number of fused-ring (bicyclic) bond motifs is 1. The number of urea groups is 1. The van der Waals surface area contributed by atoms with E-state index in [9.17, 15) is 24.7 Å². The zero-order valence-electron chi connectivity index (χ0n) is 14.2. The summed E-state index contributed by atoms with van der Waals surface area (Å²) < 4.78 is 6.89. The fourth-order valence-corrected chi connectivity index (χ4v) is 3.06. The second kappa shape index (κ2) is 8.05. The van der Waals surface area contributed by atoms with Gasteiger partial charge in [-0.25, -0.2) is 9.78 Å². The van der Waals surface area contributed by atoms with Crippen molar-refractivity contribution in [2.24, 2.45) is 5.29 Å². The Bertz CT molecular complexity index is 933. The van der Waals surface area contributed by atoms with E-state index in [4.69, 9.17) is 22.1 Å². The number of alkyl halides is 1. The number of imidazole rings is 1. The normalized spacial score (nSPS) is 24.4. The van der Waals surface area contributed by atoms with Gasteiger partial charge in [0.25, 0.3) is 5.56 Å². The molecule has 1 unspecified atom stereocenters. The summed E-state index contributed by atoms with van der Waals surface area (Å²) in [5.41, 5.74) is 4.98. The standard InChI is InChI=1S/C13H17ClN8O6/c14-1-2-22(20-27)13(26)17-6-8(24)5(3-23)28-11(6)21-4-16-7-9(21)18-12(15)19-10(7)25/h4-6,8,11,23-24H,1-3H2,(H,17,26)(H3,15,18,19,25)/t5-,6?,8-,11-/m1/s1. The van der Waals surface area contributed by atoms with Crippen LogP contribution >= 0.6 is 11.6 Å². The van der Waals surface area contributed by atoms with E-state index in [1.54, 1.807) is 0 Å². The number of halogens is 1. The van der Waals surface area contributed by atoms with Crippen molar-refractivity contribution >= 4 is 34.7 Å². The number of nitroso groups, excluding NO2 is 1. The second-order valence-corrected chi connectivity index (χ2v) is 6.26. The molecule has 2 aromatic heterocycles. The van der Waals surface area contributed by atoms with E-state index < -0.39 is 42.7 Å². The summed E-state index contributed by atoms with van der Waals surface area (Å²) in [4.78, 5) is 45.3. The molecule has 1 aliphatic heterocycles. The molecule has 3 heterocycles. The van der Waals surface area contributed by atoms with Gasteiger partial charge in [0.15, 0.2) is 17.4 Å². The topological polar surface area (TPSA) is 201 Å². The number of amides is 2. The van der Waals surface area contributed by atoms with E-state index in [1.165, 1.54) is 10.9 Å². The number of aromatic nitrogens is 4. The number of rotatable bonds is 6. The van der Waals surface area contributed by atoms with Gasteiger partial charge in [0.05, 0.1) is 24.8 Å². The Kier molecular flexibility index (Phi) is 5.73. The molecule has 1 saturated heterocycles. The highest BCUT2D eigenvalue weighted by atomic mass is 35.5. The maximum Gasteiger partial charge on any atom is 0.340 e. The first-order valence-corrected chi connectivity index (χ1v) is 8.58. The van der Waals surface area contributed by atoms with E-state index in [1.807, 2.05) is 0 Å². The molecule has 2 amide bonds. The number of hydrogen-bond donors (Lipinski definition) is 5. The minimum Gasteiger partial charge on any atom is -0.394 e. The molecule has 14 nitrogen and oxygen atoms in total. The highest BCUT2D eigenvalue weighted by Crippen LogP contribution is 2.31. The predicted octanol–water partition coefficient (Wildman–Crippen LogP) is -1.75. The first kappa shape index (κ1) is 19.9. The molecule has 0 radical (unpaired) electrons. The Morgan fingerprint density at radius 2 is 2.32 bits per heavy atom. The van der Waals surface area contributed by atoms with Crippen molar-refractivity contribution in [3.05, 3.63) is 21.6 Å². The number of aliphatic hydroxyl groups is 2. The summed E-state index contributed by atoms with van der Waals surface area (Å²) in [7, 11) is 0. The van der Waals surface area contributed by atoms with E-state index in [0.29, 0.717) is 5.01 Å². The van der Waals surface area contributed by atoms with Gasteiger partial charge >= 0.3 is 6.03 Å². The molecule has 4 atom stereocenters. The lowest BCUT2D eigenvalue weighted by Gasteiger charge is -2.24. The quantitative estimate of drug-likeness (QED) is 0.205. The van der Waals surface area contributed by atoms with Crippen LogP contribution in [-0.4, -0.2) is 78.1 Å². The zero-order valence-corrected chi connectivity index (χ0v) is 15.0. The lowest BCUT2D eigenvalue weighted by Crippen LogP contribution is -2.50. The number of nitrogens with one attached hydrogen (secondary N) is 2. The van der Waals surface area contributed by atoms with Crippen LogP contribution in [-0.2, 0) is 4.74 Å². The molecule has 6 N–H and O–H groups in total. The number of carbonyl (C=O) groups is 1. The fourth-order valence-electron chi connectivity index (χ4n) is 2.90. The minimum absolute atomic E-state index is 0.0380. The molecule has 2 aromatic rings. The van der Waals surface area contributed by atoms with E-state index in [0.717, 1.165) is 0 Å². The van der Waals surface area contributed by atoms with Crippen LogP contribution in [0.15, 0.2) is 16.4 Å². The van der Waals surface area contributed by atoms with Gasteiger partial charge in [0.1, 0.15) is 18.2 Å². The Labute approximate surface area is 161 Å². The molecule has 1 aliphatic rings. The van der Waals surface area contributed by atoms with Gasteiger partial charge in [-0.1, -0.05) is 0 Å². The average molecular weight is 417 g/mol. The minimum atomic E-state index is -1.35. The van der Waals surface area contributed by atoms with Gasteiger partial charge in [-0.15, -0.1) is 16.5 Å². The van der Waals surface area contributed by atoms with Crippen LogP contribution < -0.4 is 16.6 Å². The fraction of sp³-hybridized carbons (Fsp3) is 0.538. The zero-order chi connectivity index (χ0) is 20.4. The van der Waals surface area contributed by atoms with Crippen LogP contribution in [0.5, 0.6) is 0 Å². The molecule has 28 heavy (non-hydrogen) atoms. The molecule has 3 rings (SSSR count). The van der Waals surface area contributed by atoms with Crippen LogP contribution in [0, 0.1) is 4.91 Å². The van der Waals surface area contributed by atoms with Gasteiger partial charge in [0.2, 0.25) is 5.95 Å². The third kappa shape index (κ3) is 3.49. The van der Waals surface area contributed by atoms with Gasteiger partial charge in [-0.3, -0.25) is 14.3 Å². The highest BCUT2D eigenvalue weighted by molar-refractivity contribution is 6.18. The number of nitrogen functional groups attached to an aromatic ring is 1. The van der Waals surface area contributed by atoms with Crippen LogP contribution in [0.4, 0.5) is 10.7 Å². The average Bonchev–Trinajstić information content (AvgIpc) is 3.21. The second-order valence-electron chi connectivity index (χ2n) is 5.88. The molecule has 0 aliphatic carbocycles. The number of H-pyrrole nitrogens is 1. The van der Waals surface area contributed by atoms with Crippen molar-refractivity contribution in [3.63, 3.8) is 0 Å². The third-order valence-electron chi connectivity index (χ3n) is 4.19. The smallest absolute Gasteiger partial charge is 0.340 e. The van der Waals surface area contributed by atoms with Crippen molar-refractivity contribution in [2.45, 2.75) is 24.5 Å². The summed E-state index contributed by atoms with van der Waals surface area (Å²) in [6, 6.07) is -2.06. The maximum atomic E-state index is 12.3. The first-order valence-electron chi connectivity index (χ1n) is 8.05. The van der Waals surface area contributed by atoms with Gasteiger partial charge in [-0.05, 0) is 0 Å². The lowest BCUT2D eigenvalue weighted by molar-refractivity contribution is -0.0440. The highest BCUT2D eigenvalue weighted by Gasteiger charge is 2.46. The van der Waals surface area contributed by atoms with E-state index >= 15 is 0 Å². The number of ether oxygens (including phenoxy) is 1. The van der Waals surface area contributed by atoms with Crippen molar-refractivity contribution in [1.82, 2.24) is 29.8 Å². The van der Waals surface area contributed by atoms with Gasteiger partial charge in [0, 0.05) is 5.88 Å². The van der Waals surface area contributed by atoms with Crippen molar-refractivity contribution in [3.8, 4) is 0 Å². The summed E-state index contributed by atoms with van der Waals surface area (Å²) in [6.45, 7) is -0.708. The third-order valence-corrected chi connectivity index (χ3v) is 4.36. The molecular weight excluding hydrogens is 400 g/mol. The van der Waals surface area contributed by atoms with E-state index in [2.05, 4.69) is 25.6 Å². The van der Waals surface area contributed by atoms with Crippen molar-refractivity contribution < 1.29 is 19.7 Å². The molecule has 0 spiro atoms. The first-order chi connectivity index (χ1) is 13.4. The molecule has 15 heteroatoms. The summed E-state index contributed by atoms with van der Waals surface area (Å²) >= 11 is 5.52. The van der Waals surface area contributed by atoms with Crippen LogP contribution in [0.25, 0.3) is 11.2 Å². The number of aromatic amines is 1. The van der Waals surface area contributed by atoms with Crippen molar-refractivity contribution in [1.29, 1.82) is 0 Å². The number of aliphatic hydroxyl groups excluding tert-OH is 2. The maximum absolute atomic E-state index is 12.3. The number of anilines is 1. The van der Waals surface area contributed by atoms with Crippen molar-refractivity contribution in [2.75, 3.05) is 24.8 Å². The Hall–Kier alpha value is -2.81. The van der Waals surface area contributed by atoms with Gasteiger partial charge in [-0.2, -0.15) is 9.99 Å². The summed E-state index contributed by atoms with van der Waals surface area (Å²) in [5, 5.41) is 25.4. The summed E-state index contributed by atoms with van der Waals surface area (Å²) in [5.74, 6) is -0.209. The van der Waals surface area contributed by atoms with Crippen LogP contribution in [0.2, 0.25) is 0 Å². The Morgan fingerprint density at radius 1 is 1.57 bits per heavy atom. The summed E-state index contributed by atoms with van der Waals surface area (Å²) in [6.07, 6.45) is -2.30. The number of hydrogen-bond acceptors (Lipinski definition) is 10. The van der Waals surface area contributed by atoms with Crippen LogP contribution in [0.1, 0.15) is 6.23 Å². The largest absolute Gasteiger partial charge is 0.394 e. The number of nitrogens with two attached hydrogens (primary N) is 1. The number of carbonyl (C=O) groups excluding carboxylic acids is 1. The van der Waals surface area contributed by atoms with Gasteiger partial charge < -0.3 is 26.0 Å². The lowest BCUT2D eigenvalue weighted by atomic mass is 10.1. The molecule has 152 valence electrons.